The van der Waals surface area contributed by atoms with Crippen molar-refractivity contribution < 1.29 is 8.78 Å². The first-order valence-electron chi connectivity index (χ1n) is 11.1. The molecule has 0 saturated heterocycles. The van der Waals surface area contributed by atoms with Crippen LogP contribution in [0.1, 0.15) is 55.4 Å². The van der Waals surface area contributed by atoms with Crippen molar-refractivity contribution in [2.45, 2.75) is 44.9 Å². The maximum absolute atomic E-state index is 14.5. The van der Waals surface area contributed by atoms with Gasteiger partial charge in [0, 0.05) is 6.20 Å². The molecule has 1 saturated carbocycles. The SMILES string of the molecule is Cc1nc(=O)[nH]n1-c1nccc([C@]23CC[C@@H](c4cc(-c5c(F)cccc5F)nnc42)C3(C)C)n1. The van der Waals surface area contributed by atoms with Gasteiger partial charge >= 0.3 is 5.69 Å². The Morgan fingerprint density at radius 3 is 2.59 bits per heavy atom. The van der Waals surface area contributed by atoms with Gasteiger partial charge in [-0.3, -0.25) is 0 Å². The molecule has 6 rings (SSSR count). The number of hydrogen-bond acceptors (Lipinski definition) is 6. The highest BCUT2D eigenvalue weighted by molar-refractivity contribution is 5.64. The molecule has 4 aromatic rings. The first kappa shape index (κ1) is 20.8. The minimum absolute atomic E-state index is 0.125. The Hall–Kier alpha value is -3.82. The number of halogens is 2. The van der Waals surface area contributed by atoms with Crippen LogP contribution in [0.4, 0.5) is 8.78 Å². The number of aryl methyl sites for hydroxylation is 1. The van der Waals surface area contributed by atoms with E-state index in [9.17, 15) is 13.6 Å². The molecule has 3 heterocycles. The van der Waals surface area contributed by atoms with E-state index in [1.54, 1.807) is 19.2 Å². The van der Waals surface area contributed by atoms with Crippen LogP contribution in [0.5, 0.6) is 0 Å². The Kier molecular flexibility index (Phi) is 4.18. The molecule has 2 atom stereocenters. The number of nitrogens with one attached hydrogen (secondary N) is 1. The van der Waals surface area contributed by atoms with Crippen molar-refractivity contribution in [2.24, 2.45) is 5.41 Å². The zero-order valence-electron chi connectivity index (χ0n) is 18.8. The van der Waals surface area contributed by atoms with Crippen LogP contribution in [0, 0.1) is 24.0 Å². The van der Waals surface area contributed by atoms with Crippen molar-refractivity contribution in [3.63, 3.8) is 0 Å². The lowest BCUT2D eigenvalue weighted by Gasteiger charge is -2.37. The van der Waals surface area contributed by atoms with Gasteiger partial charge in [-0.15, -0.1) is 5.10 Å². The average Bonchev–Trinajstić information content (AvgIpc) is 3.35. The molecule has 0 aliphatic heterocycles. The lowest BCUT2D eigenvalue weighted by Crippen LogP contribution is -2.38. The lowest BCUT2D eigenvalue weighted by atomic mass is 9.66. The van der Waals surface area contributed by atoms with Gasteiger partial charge in [0.15, 0.2) is 0 Å². The molecule has 1 aromatic carbocycles. The van der Waals surface area contributed by atoms with Gasteiger partial charge in [-0.2, -0.15) is 10.1 Å². The topological polar surface area (TPSA) is 102 Å². The van der Waals surface area contributed by atoms with Crippen LogP contribution >= 0.6 is 0 Å². The molecule has 1 fully saturated rings. The van der Waals surface area contributed by atoms with E-state index in [1.165, 1.54) is 22.9 Å². The Morgan fingerprint density at radius 2 is 1.88 bits per heavy atom. The van der Waals surface area contributed by atoms with E-state index < -0.39 is 22.7 Å². The fraction of sp³-hybridized carbons (Fsp3) is 0.333. The molecule has 3 aromatic heterocycles. The molecule has 2 bridgehead atoms. The third-order valence-electron chi connectivity index (χ3n) is 7.68. The predicted molar refractivity (Wildman–Crippen MR) is 118 cm³/mol. The third kappa shape index (κ3) is 2.56. The number of fused-ring (bicyclic) bond motifs is 5. The van der Waals surface area contributed by atoms with Gasteiger partial charge in [0.05, 0.1) is 28.1 Å². The van der Waals surface area contributed by atoms with Crippen LogP contribution in [0.25, 0.3) is 17.2 Å². The minimum Gasteiger partial charge on any atom is -0.244 e. The second kappa shape index (κ2) is 6.85. The third-order valence-corrected chi connectivity index (χ3v) is 7.68. The van der Waals surface area contributed by atoms with Gasteiger partial charge in [0.25, 0.3) is 5.95 Å². The molecule has 34 heavy (non-hydrogen) atoms. The summed E-state index contributed by atoms with van der Waals surface area (Å²) in [5, 5.41) is 11.4. The molecule has 2 aliphatic carbocycles. The van der Waals surface area contributed by atoms with Gasteiger partial charge in [-0.25, -0.2) is 33.3 Å². The van der Waals surface area contributed by atoms with Gasteiger partial charge in [0.1, 0.15) is 17.5 Å². The van der Waals surface area contributed by atoms with E-state index in [0.717, 1.165) is 29.8 Å². The number of benzene rings is 1. The summed E-state index contributed by atoms with van der Waals surface area (Å²) in [4.78, 5) is 24.7. The summed E-state index contributed by atoms with van der Waals surface area (Å²) >= 11 is 0. The molecule has 172 valence electrons. The molecule has 10 heteroatoms. The van der Waals surface area contributed by atoms with Crippen LogP contribution in [0.2, 0.25) is 0 Å². The summed E-state index contributed by atoms with van der Waals surface area (Å²) in [6.07, 6.45) is 3.34. The molecular formula is C24H21F2N7O. The van der Waals surface area contributed by atoms with Crippen LogP contribution in [0.3, 0.4) is 0 Å². The van der Waals surface area contributed by atoms with Crippen LogP contribution in [0.15, 0.2) is 41.3 Å². The number of aromatic nitrogens is 7. The normalized spacial score (nSPS) is 22.2. The van der Waals surface area contributed by atoms with Crippen molar-refractivity contribution in [3.05, 3.63) is 81.4 Å². The van der Waals surface area contributed by atoms with Crippen LogP contribution in [-0.2, 0) is 5.41 Å². The number of H-pyrrole nitrogens is 1. The summed E-state index contributed by atoms with van der Waals surface area (Å²) in [6.45, 7) is 6.03. The predicted octanol–water partition coefficient (Wildman–Crippen LogP) is 3.60. The standard InChI is InChI=1S/C24H21F2N7O/c1-12-28-22(34)32-33(12)21-27-10-8-18(29-21)24-9-7-14(23(24,2)3)13-11-17(30-31-20(13)24)19-15(25)5-4-6-16(19)26/h4-6,8,10-11,14H,7,9H2,1-3H3,(H,32,34)/t14-,24+/m0/s1. The van der Waals surface area contributed by atoms with Crippen LogP contribution < -0.4 is 5.69 Å². The lowest BCUT2D eigenvalue weighted by molar-refractivity contribution is 0.242. The molecule has 8 nitrogen and oxygen atoms in total. The smallest absolute Gasteiger partial charge is 0.244 e. The Morgan fingerprint density at radius 1 is 1.12 bits per heavy atom. The summed E-state index contributed by atoms with van der Waals surface area (Å²) in [5.74, 6) is -0.455. The highest BCUT2D eigenvalue weighted by Gasteiger charge is 2.65. The van der Waals surface area contributed by atoms with Crippen molar-refractivity contribution in [1.29, 1.82) is 0 Å². The number of rotatable bonds is 3. The zero-order valence-corrected chi connectivity index (χ0v) is 18.8. The number of nitrogens with zero attached hydrogens (tertiary/aromatic N) is 6. The highest BCUT2D eigenvalue weighted by atomic mass is 19.1. The number of aromatic amines is 1. The molecular weight excluding hydrogens is 440 g/mol. The van der Waals surface area contributed by atoms with E-state index in [0.29, 0.717) is 11.8 Å². The largest absolute Gasteiger partial charge is 0.361 e. The Labute approximate surface area is 193 Å². The highest BCUT2D eigenvalue weighted by Crippen LogP contribution is 2.69. The van der Waals surface area contributed by atoms with E-state index in [-0.39, 0.29) is 22.6 Å². The summed E-state index contributed by atoms with van der Waals surface area (Å²) in [6, 6.07) is 7.40. The van der Waals surface area contributed by atoms with E-state index in [4.69, 9.17) is 4.98 Å². The van der Waals surface area contributed by atoms with Gasteiger partial charge < -0.3 is 0 Å². The van der Waals surface area contributed by atoms with E-state index >= 15 is 0 Å². The van der Waals surface area contributed by atoms with E-state index in [2.05, 4.69) is 39.1 Å². The summed E-state index contributed by atoms with van der Waals surface area (Å²) in [5.41, 5.74) is 1.18. The fourth-order valence-corrected chi connectivity index (χ4v) is 6.04. The first-order chi connectivity index (χ1) is 16.2. The van der Waals surface area contributed by atoms with Crippen molar-refractivity contribution in [3.8, 4) is 17.2 Å². The molecule has 0 spiro atoms. The van der Waals surface area contributed by atoms with Gasteiger partial charge in [-0.1, -0.05) is 19.9 Å². The summed E-state index contributed by atoms with van der Waals surface area (Å²) in [7, 11) is 0. The van der Waals surface area contributed by atoms with Gasteiger partial charge in [0.2, 0.25) is 0 Å². The molecule has 0 radical (unpaired) electrons. The maximum atomic E-state index is 14.5. The maximum Gasteiger partial charge on any atom is 0.361 e. The number of hydrogen-bond donors (Lipinski definition) is 1. The Bertz CT molecular complexity index is 1510. The molecule has 1 N–H and O–H groups in total. The Balaban J connectivity index is 1.54. The fourth-order valence-electron chi connectivity index (χ4n) is 6.04. The average molecular weight is 461 g/mol. The first-order valence-corrected chi connectivity index (χ1v) is 11.1. The molecule has 2 aliphatic rings. The summed E-state index contributed by atoms with van der Waals surface area (Å²) < 4.78 is 30.4. The van der Waals surface area contributed by atoms with Crippen molar-refractivity contribution >= 4 is 0 Å². The van der Waals surface area contributed by atoms with E-state index in [1.807, 2.05) is 6.07 Å². The monoisotopic (exact) mass is 461 g/mol. The zero-order chi connectivity index (χ0) is 23.8. The molecule has 0 unspecified atom stereocenters. The van der Waals surface area contributed by atoms with Gasteiger partial charge in [-0.05, 0) is 60.9 Å². The quantitative estimate of drug-likeness (QED) is 0.500. The minimum atomic E-state index is -0.670. The second-order valence-corrected chi connectivity index (χ2v) is 9.50. The second-order valence-electron chi connectivity index (χ2n) is 9.50. The van der Waals surface area contributed by atoms with Crippen LogP contribution in [-0.4, -0.2) is 34.9 Å². The van der Waals surface area contributed by atoms with Crippen molar-refractivity contribution in [2.75, 3.05) is 0 Å². The molecule has 0 amide bonds. The van der Waals surface area contributed by atoms with Crippen molar-refractivity contribution in [1.82, 2.24) is 34.9 Å².